The first-order valence-corrected chi connectivity index (χ1v) is 7.15. The molecule has 2 rings (SSSR count). The van der Waals surface area contributed by atoms with Crippen LogP contribution < -0.4 is 10.1 Å². The summed E-state index contributed by atoms with van der Waals surface area (Å²) in [6.07, 6.45) is 1.70. The highest BCUT2D eigenvalue weighted by Crippen LogP contribution is 2.28. The third-order valence-corrected chi connectivity index (χ3v) is 3.39. The lowest BCUT2D eigenvalue weighted by atomic mass is 10.1. The van der Waals surface area contributed by atoms with E-state index in [-0.39, 0.29) is 0 Å². The summed E-state index contributed by atoms with van der Waals surface area (Å²) in [5, 5.41) is 4.02. The number of aryl methyl sites for hydroxylation is 2. The van der Waals surface area contributed by atoms with Gasteiger partial charge in [-0.1, -0.05) is 18.5 Å². The fourth-order valence-electron chi connectivity index (χ4n) is 2.17. The second kappa shape index (κ2) is 6.82. The fourth-order valence-corrected chi connectivity index (χ4v) is 2.50. The molecular formula is C16H20ClNO2. The van der Waals surface area contributed by atoms with Crippen molar-refractivity contribution in [1.82, 2.24) is 5.32 Å². The minimum absolute atomic E-state index is 0.428. The Balaban J connectivity index is 2.07. The first-order valence-electron chi connectivity index (χ1n) is 6.77. The number of nitrogens with one attached hydrogen (secondary N) is 1. The number of benzene rings is 1. The number of furan rings is 1. The van der Waals surface area contributed by atoms with E-state index in [1.165, 1.54) is 0 Å². The molecule has 0 spiro atoms. The van der Waals surface area contributed by atoms with Crippen molar-refractivity contribution in [1.29, 1.82) is 0 Å². The molecule has 0 bridgehead atoms. The molecular weight excluding hydrogens is 274 g/mol. The predicted octanol–water partition coefficient (Wildman–Crippen LogP) is 4.24. The van der Waals surface area contributed by atoms with Crippen LogP contribution in [0.2, 0.25) is 5.02 Å². The summed E-state index contributed by atoms with van der Waals surface area (Å²) in [4.78, 5) is 0. The summed E-state index contributed by atoms with van der Waals surface area (Å²) in [7, 11) is 0. The molecule has 0 aliphatic carbocycles. The van der Waals surface area contributed by atoms with Gasteiger partial charge >= 0.3 is 0 Å². The highest BCUT2D eigenvalue weighted by Gasteiger charge is 2.10. The molecule has 1 aromatic heterocycles. The van der Waals surface area contributed by atoms with Gasteiger partial charge in [-0.2, -0.15) is 0 Å². The van der Waals surface area contributed by atoms with E-state index >= 15 is 0 Å². The number of ether oxygens (including phenoxy) is 1. The van der Waals surface area contributed by atoms with Crippen LogP contribution in [0, 0.1) is 13.8 Å². The monoisotopic (exact) mass is 293 g/mol. The van der Waals surface area contributed by atoms with Crippen LogP contribution in [-0.2, 0) is 13.2 Å². The maximum absolute atomic E-state index is 6.02. The Bertz CT molecular complexity index is 555. The van der Waals surface area contributed by atoms with Crippen LogP contribution in [0.25, 0.3) is 0 Å². The van der Waals surface area contributed by atoms with E-state index in [2.05, 4.69) is 12.2 Å². The topological polar surface area (TPSA) is 34.4 Å². The lowest BCUT2D eigenvalue weighted by Crippen LogP contribution is -2.13. The van der Waals surface area contributed by atoms with E-state index in [4.69, 9.17) is 20.8 Å². The van der Waals surface area contributed by atoms with Crippen LogP contribution in [0.4, 0.5) is 0 Å². The van der Waals surface area contributed by atoms with Crippen molar-refractivity contribution in [3.8, 4) is 5.75 Å². The summed E-state index contributed by atoms with van der Waals surface area (Å²) in [6.45, 7) is 8.23. The maximum Gasteiger partial charge on any atom is 0.146 e. The Hall–Kier alpha value is -1.45. The summed E-state index contributed by atoms with van der Waals surface area (Å²) in [5.41, 5.74) is 3.21. The van der Waals surface area contributed by atoms with Crippen molar-refractivity contribution in [3.63, 3.8) is 0 Å². The van der Waals surface area contributed by atoms with E-state index in [0.717, 1.165) is 46.3 Å². The van der Waals surface area contributed by atoms with Crippen LogP contribution in [0.1, 0.15) is 29.4 Å². The van der Waals surface area contributed by atoms with Gasteiger partial charge in [0.05, 0.1) is 6.26 Å². The Morgan fingerprint density at radius 2 is 1.95 bits per heavy atom. The SMILES string of the molecule is CCNCc1ccoc1COc1c(C)cc(Cl)cc1C. The molecule has 0 aliphatic heterocycles. The molecule has 0 saturated carbocycles. The lowest BCUT2D eigenvalue weighted by Gasteiger charge is -2.12. The predicted molar refractivity (Wildman–Crippen MR) is 81.3 cm³/mol. The normalized spacial score (nSPS) is 10.8. The highest BCUT2D eigenvalue weighted by atomic mass is 35.5. The Morgan fingerprint density at radius 3 is 2.60 bits per heavy atom. The quantitative estimate of drug-likeness (QED) is 0.865. The van der Waals surface area contributed by atoms with Crippen LogP contribution in [0.15, 0.2) is 28.9 Å². The smallest absolute Gasteiger partial charge is 0.146 e. The Morgan fingerprint density at radius 1 is 1.25 bits per heavy atom. The molecule has 0 unspecified atom stereocenters. The van der Waals surface area contributed by atoms with Gasteiger partial charge in [-0.25, -0.2) is 0 Å². The van der Waals surface area contributed by atoms with E-state index in [1.807, 2.05) is 32.0 Å². The third kappa shape index (κ3) is 3.56. The molecule has 0 amide bonds. The van der Waals surface area contributed by atoms with E-state index < -0.39 is 0 Å². The number of halogens is 1. The zero-order valence-electron chi connectivity index (χ0n) is 12.1. The third-order valence-electron chi connectivity index (χ3n) is 3.18. The minimum atomic E-state index is 0.428. The highest BCUT2D eigenvalue weighted by molar-refractivity contribution is 6.30. The Labute approximate surface area is 124 Å². The van der Waals surface area contributed by atoms with Gasteiger partial charge in [0, 0.05) is 17.1 Å². The van der Waals surface area contributed by atoms with Crippen LogP contribution >= 0.6 is 11.6 Å². The van der Waals surface area contributed by atoms with Gasteiger partial charge in [0.1, 0.15) is 18.1 Å². The average Bonchev–Trinajstić information content (AvgIpc) is 2.82. The standard InChI is InChI=1S/C16H20ClNO2/c1-4-18-9-13-5-6-19-15(13)10-20-16-11(2)7-14(17)8-12(16)3/h5-8,18H,4,9-10H2,1-3H3. The fraction of sp³-hybridized carbons (Fsp3) is 0.375. The van der Waals surface area contributed by atoms with Gasteiger partial charge < -0.3 is 14.5 Å². The molecule has 108 valence electrons. The molecule has 0 saturated heterocycles. The van der Waals surface area contributed by atoms with Gasteiger partial charge in [-0.3, -0.25) is 0 Å². The zero-order chi connectivity index (χ0) is 14.5. The van der Waals surface area contributed by atoms with Gasteiger partial charge in [0.15, 0.2) is 0 Å². The average molecular weight is 294 g/mol. The molecule has 0 fully saturated rings. The van der Waals surface area contributed by atoms with Gasteiger partial charge in [0.25, 0.3) is 0 Å². The van der Waals surface area contributed by atoms with Crippen LogP contribution in [-0.4, -0.2) is 6.54 Å². The van der Waals surface area contributed by atoms with Crippen molar-refractivity contribution in [2.75, 3.05) is 6.54 Å². The summed E-state index contributed by atoms with van der Waals surface area (Å²) in [5.74, 6) is 1.74. The second-order valence-electron chi connectivity index (χ2n) is 4.81. The number of hydrogen-bond donors (Lipinski definition) is 1. The van der Waals surface area contributed by atoms with Crippen molar-refractivity contribution < 1.29 is 9.15 Å². The van der Waals surface area contributed by atoms with Crippen molar-refractivity contribution >= 4 is 11.6 Å². The molecule has 0 atom stereocenters. The minimum Gasteiger partial charge on any atom is -0.485 e. The summed E-state index contributed by atoms with van der Waals surface area (Å²) >= 11 is 6.02. The molecule has 1 aromatic carbocycles. The van der Waals surface area contributed by atoms with Gasteiger partial charge in [0.2, 0.25) is 0 Å². The van der Waals surface area contributed by atoms with Gasteiger partial charge in [-0.05, 0) is 49.7 Å². The van der Waals surface area contributed by atoms with Crippen LogP contribution in [0.5, 0.6) is 5.75 Å². The first-order chi connectivity index (χ1) is 9.61. The van der Waals surface area contributed by atoms with Crippen molar-refractivity contribution in [2.24, 2.45) is 0 Å². The molecule has 20 heavy (non-hydrogen) atoms. The molecule has 0 aliphatic rings. The van der Waals surface area contributed by atoms with E-state index in [9.17, 15) is 0 Å². The molecule has 1 heterocycles. The molecule has 1 N–H and O–H groups in total. The van der Waals surface area contributed by atoms with E-state index in [1.54, 1.807) is 6.26 Å². The van der Waals surface area contributed by atoms with Crippen molar-refractivity contribution in [3.05, 3.63) is 51.9 Å². The maximum atomic E-state index is 6.02. The Kier molecular flexibility index (Phi) is 5.10. The number of hydrogen-bond acceptors (Lipinski definition) is 3. The first kappa shape index (κ1) is 14.9. The second-order valence-corrected chi connectivity index (χ2v) is 5.24. The van der Waals surface area contributed by atoms with Gasteiger partial charge in [-0.15, -0.1) is 0 Å². The largest absolute Gasteiger partial charge is 0.485 e. The molecule has 0 radical (unpaired) electrons. The van der Waals surface area contributed by atoms with Crippen molar-refractivity contribution in [2.45, 2.75) is 33.9 Å². The lowest BCUT2D eigenvalue weighted by molar-refractivity contribution is 0.265. The summed E-state index contributed by atoms with van der Waals surface area (Å²) in [6, 6.07) is 5.79. The van der Waals surface area contributed by atoms with E-state index in [0.29, 0.717) is 6.61 Å². The number of rotatable bonds is 6. The molecule has 4 heteroatoms. The summed E-state index contributed by atoms with van der Waals surface area (Å²) < 4.78 is 11.4. The molecule has 3 nitrogen and oxygen atoms in total. The van der Waals surface area contributed by atoms with Crippen LogP contribution in [0.3, 0.4) is 0 Å². The zero-order valence-corrected chi connectivity index (χ0v) is 12.9. The molecule has 2 aromatic rings.